The minimum absolute atomic E-state index is 0.141. The molecular formula is C32H31N3O7. The van der Waals surface area contributed by atoms with E-state index in [1.165, 1.54) is 11.9 Å². The SMILES string of the molecule is CNC(=O)c1cc(C(=O)NCC[C@H]2OC[C@H](N3C(=O)c4ccccc4C3=O)CO2)cc2c1OC[C@@]2(C)c1ccccc1. The summed E-state index contributed by atoms with van der Waals surface area (Å²) < 4.78 is 17.6. The molecule has 3 aliphatic heterocycles. The van der Waals surface area contributed by atoms with Crippen LogP contribution in [0.25, 0.3) is 0 Å². The number of nitrogens with zero attached hydrogens (tertiary/aromatic N) is 1. The van der Waals surface area contributed by atoms with Crippen molar-refractivity contribution in [1.29, 1.82) is 0 Å². The van der Waals surface area contributed by atoms with Gasteiger partial charge in [-0.3, -0.25) is 24.1 Å². The molecule has 3 aromatic carbocycles. The molecule has 4 amide bonds. The Bertz CT molecular complexity index is 1530. The first-order chi connectivity index (χ1) is 20.3. The Kier molecular flexibility index (Phi) is 7.26. The average Bonchev–Trinajstić information content (AvgIpc) is 3.51. The van der Waals surface area contributed by atoms with Crippen molar-refractivity contribution >= 4 is 23.6 Å². The minimum atomic E-state index is -0.604. The molecule has 1 fully saturated rings. The summed E-state index contributed by atoms with van der Waals surface area (Å²) in [6.07, 6.45) is -0.244. The van der Waals surface area contributed by atoms with Crippen molar-refractivity contribution in [3.05, 3.63) is 100 Å². The quantitative estimate of drug-likeness (QED) is 0.420. The largest absolute Gasteiger partial charge is 0.491 e. The predicted octanol–water partition coefficient (Wildman–Crippen LogP) is 2.90. The number of carbonyl (C=O) groups is 4. The first kappa shape index (κ1) is 27.6. The maximum atomic E-state index is 13.3. The van der Waals surface area contributed by atoms with Crippen LogP contribution < -0.4 is 15.4 Å². The molecule has 2 N–H and O–H groups in total. The van der Waals surface area contributed by atoms with Crippen LogP contribution in [-0.2, 0) is 14.9 Å². The second kappa shape index (κ2) is 11.0. The maximum Gasteiger partial charge on any atom is 0.261 e. The van der Waals surface area contributed by atoms with Gasteiger partial charge in [-0.2, -0.15) is 0 Å². The topological polar surface area (TPSA) is 123 Å². The van der Waals surface area contributed by atoms with E-state index in [1.54, 1.807) is 36.4 Å². The predicted molar refractivity (Wildman–Crippen MR) is 152 cm³/mol. The van der Waals surface area contributed by atoms with E-state index < -0.39 is 17.7 Å². The van der Waals surface area contributed by atoms with Gasteiger partial charge in [0, 0.05) is 31.1 Å². The Hall–Kier alpha value is -4.54. The zero-order valence-corrected chi connectivity index (χ0v) is 23.3. The summed E-state index contributed by atoms with van der Waals surface area (Å²) in [7, 11) is 1.54. The van der Waals surface area contributed by atoms with E-state index >= 15 is 0 Å². The summed E-state index contributed by atoms with van der Waals surface area (Å²) in [5.74, 6) is -0.899. The molecule has 1 saturated heterocycles. The highest BCUT2D eigenvalue weighted by atomic mass is 16.7. The van der Waals surface area contributed by atoms with Crippen molar-refractivity contribution in [2.45, 2.75) is 31.1 Å². The lowest BCUT2D eigenvalue weighted by molar-refractivity contribution is -0.198. The van der Waals surface area contributed by atoms with Crippen LogP contribution in [0.1, 0.15) is 65.9 Å². The molecule has 0 aliphatic carbocycles. The molecule has 42 heavy (non-hydrogen) atoms. The molecule has 3 aromatic rings. The Labute approximate surface area is 242 Å². The molecule has 6 rings (SSSR count). The van der Waals surface area contributed by atoms with Crippen LogP contribution in [0.4, 0.5) is 0 Å². The smallest absolute Gasteiger partial charge is 0.261 e. The zero-order valence-electron chi connectivity index (χ0n) is 23.3. The van der Waals surface area contributed by atoms with Crippen LogP contribution in [-0.4, -0.2) is 74.3 Å². The van der Waals surface area contributed by atoms with Crippen LogP contribution in [0.2, 0.25) is 0 Å². The van der Waals surface area contributed by atoms with Gasteiger partial charge < -0.3 is 24.8 Å². The summed E-state index contributed by atoms with van der Waals surface area (Å²) in [6.45, 7) is 2.92. The first-order valence-corrected chi connectivity index (χ1v) is 13.9. The lowest BCUT2D eigenvalue weighted by Gasteiger charge is -2.33. The van der Waals surface area contributed by atoms with E-state index in [2.05, 4.69) is 10.6 Å². The Morgan fingerprint density at radius 1 is 0.929 bits per heavy atom. The summed E-state index contributed by atoms with van der Waals surface area (Å²) in [4.78, 5) is 52.7. The molecule has 0 saturated carbocycles. The van der Waals surface area contributed by atoms with Gasteiger partial charge >= 0.3 is 0 Å². The summed E-state index contributed by atoms with van der Waals surface area (Å²) in [6, 6.07) is 19.4. The number of hydrogen-bond acceptors (Lipinski definition) is 7. The monoisotopic (exact) mass is 569 g/mol. The standard InChI is InChI=1S/C32H31N3O7/c1-32(20-8-4-3-5-9-20)18-42-27-24(29(37)33-2)14-19(15-25(27)32)28(36)34-13-12-26-40-16-21(17-41-26)35-30(38)22-10-6-7-11-23(22)31(35)39/h3-11,14-15,21,26H,12-13,16-18H2,1-2H3,(H,33,37)(H,34,36)/t21-,26-,32-/m0/s1. The Balaban J connectivity index is 1.09. The molecule has 0 spiro atoms. The summed E-state index contributed by atoms with van der Waals surface area (Å²) >= 11 is 0. The lowest BCUT2D eigenvalue weighted by atomic mass is 9.77. The van der Waals surface area contributed by atoms with Crippen molar-refractivity contribution in [3.63, 3.8) is 0 Å². The number of hydrogen-bond donors (Lipinski definition) is 2. The molecule has 10 heteroatoms. The fourth-order valence-corrected chi connectivity index (χ4v) is 5.76. The highest BCUT2D eigenvalue weighted by molar-refractivity contribution is 6.21. The van der Waals surface area contributed by atoms with Crippen LogP contribution in [0.15, 0.2) is 66.7 Å². The summed E-state index contributed by atoms with van der Waals surface area (Å²) in [5, 5.41) is 5.53. The van der Waals surface area contributed by atoms with Gasteiger partial charge in [0.25, 0.3) is 23.6 Å². The van der Waals surface area contributed by atoms with Gasteiger partial charge in [-0.05, 0) is 36.8 Å². The third kappa shape index (κ3) is 4.72. The molecule has 1 atom stereocenters. The minimum Gasteiger partial charge on any atom is -0.491 e. The highest BCUT2D eigenvalue weighted by Gasteiger charge is 2.42. The van der Waals surface area contributed by atoms with Crippen molar-refractivity contribution in [2.24, 2.45) is 0 Å². The Morgan fingerprint density at radius 3 is 2.21 bits per heavy atom. The fraction of sp³-hybridized carbons (Fsp3) is 0.312. The molecule has 3 aliphatic rings. The molecule has 10 nitrogen and oxygen atoms in total. The van der Waals surface area contributed by atoms with E-state index in [0.29, 0.717) is 41.0 Å². The molecule has 0 bridgehead atoms. The van der Waals surface area contributed by atoms with Gasteiger partial charge in [0.1, 0.15) is 12.4 Å². The molecular weight excluding hydrogens is 538 g/mol. The number of imide groups is 1. The highest BCUT2D eigenvalue weighted by Crippen LogP contribution is 2.45. The van der Waals surface area contributed by atoms with Gasteiger partial charge in [0.15, 0.2) is 6.29 Å². The second-order valence-corrected chi connectivity index (χ2v) is 10.8. The van der Waals surface area contributed by atoms with E-state index in [4.69, 9.17) is 14.2 Å². The molecule has 0 unspecified atom stereocenters. The number of fused-ring (bicyclic) bond motifs is 2. The van der Waals surface area contributed by atoms with Gasteiger partial charge in [-0.1, -0.05) is 42.5 Å². The van der Waals surface area contributed by atoms with Crippen molar-refractivity contribution in [1.82, 2.24) is 15.5 Å². The number of nitrogens with one attached hydrogen (secondary N) is 2. The van der Waals surface area contributed by atoms with E-state index in [9.17, 15) is 19.2 Å². The average molecular weight is 570 g/mol. The van der Waals surface area contributed by atoms with Crippen molar-refractivity contribution in [3.8, 4) is 5.75 Å². The van der Waals surface area contributed by atoms with Crippen LogP contribution in [0.5, 0.6) is 5.75 Å². The molecule has 216 valence electrons. The van der Waals surface area contributed by atoms with Crippen molar-refractivity contribution < 1.29 is 33.4 Å². The zero-order chi connectivity index (χ0) is 29.4. The van der Waals surface area contributed by atoms with E-state index in [0.717, 1.165) is 11.1 Å². The van der Waals surface area contributed by atoms with Gasteiger partial charge in [-0.15, -0.1) is 0 Å². The van der Waals surface area contributed by atoms with Gasteiger partial charge in [-0.25, -0.2) is 0 Å². The fourth-order valence-electron chi connectivity index (χ4n) is 5.76. The number of benzene rings is 3. The summed E-state index contributed by atoms with van der Waals surface area (Å²) in [5.41, 5.74) is 2.68. The van der Waals surface area contributed by atoms with E-state index in [-0.39, 0.29) is 43.4 Å². The maximum absolute atomic E-state index is 13.3. The Morgan fingerprint density at radius 2 is 1.57 bits per heavy atom. The molecule has 0 aromatic heterocycles. The number of carbonyl (C=O) groups excluding carboxylic acids is 4. The normalized spacial score (nSPS) is 22.8. The van der Waals surface area contributed by atoms with Gasteiger partial charge in [0.2, 0.25) is 0 Å². The number of amides is 4. The molecule has 3 heterocycles. The van der Waals surface area contributed by atoms with Crippen molar-refractivity contribution in [2.75, 3.05) is 33.4 Å². The van der Waals surface area contributed by atoms with E-state index in [1.807, 2.05) is 37.3 Å². The molecule has 0 radical (unpaired) electrons. The third-order valence-corrected chi connectivity index (χ3v) is 8.14. The van der Waals surface area contributed by atoms with Gasteiger partial charge in [0.05, 0.1) is 41.4 Å². The van der Waals surface area contributed by atoms with Crippen LogP contribution >= 0.6 is 0 Å². The first-order valence-electron chi connectivity index (χ1n) is 13.9. The second-order valence-electron chi connectivity index (χ2n) is 10.8. The van der Waals surface area contributed by atoms with Crippen LogP contribution in [0.3, 0.4) is 0 Å². The lowest BCUT2D eigenvalue weighted by Crippen LogP contribution is -2.50. The third-order valence-electron chi connectivity index (χ3n) is 8.14. The number of rotatable bonds is 7. The number of ether oxygens (including phenoxy) is 3. The van der Waals surface area contributed by atoms with Crippen LogP contribution in [0, 0.1) is 0 Å².